The molecule has 2 heterocycles. The van der Waals surface area contributed by atoms with Crippen LogP contribution in [0.1, 0.15) is 66.3 Å². The Morgan fingerprint density at radius 2 is 1.29 bits per heavy atom. The van der Waals surface area contributed by atoms with Crippen molar-refractivity contribution in [1.82, 2.24) is 26.6 Å². The number of aryl methyl sites for hydroxylation is 2. The Labute approximate surface area is 326 Å². The van der Waals surface area contributed by atoms with Crippen LogP contribution in [0.15, 0.2) is 72.8 Å². The van der Waals surface area contributed by atoms with Crippen LogP contribution in [0.3, 0.4) is 0 Å². The maximum atomic E-state index is 14.3. The molecule has 0 unspecified atom stereocenters. The quantitative estimate of drug-likeness (QED) is 0.147. The van der Waals surface area contributed by atoms with Gasteiger partial charge in [0.25, 0.3) is 0 Å². The van der Waals surface area contributed by atoms with E-state index in [9.17, 15) is 33.9 Å². The molecule has 3 aromatic carbocycles. The number of phenolic OH excluding ortho intramolecular Hbond substituents is 1. The van der Waals surface area contributed by atoms with Crippen molar-refractivity contribution >= 4 is 35.4 Å². The van der Waals surface area contributed by atoms with Crippen molar-refractivity contribution in [2.75, 3.05) is 0 Å². The van der Waals surface area contributed by atoms with E-state index in [2.05, 4.69) is 26.6 Å². The van der Waals surface area contributed by atoms with E-state index in [-0.39, 0.29) is 49.8 Å². The molecule has 14 heteroatoms. The normalized spacial score (nSPS) is 24.3. The Hall–Kier alpha value is -5.76. The summed E-state index contributed by atoms with van der Waals surface area (Å²) < 4.78 is 0. The minimum atomic E-state index is -1.33. The van der Waals surface area contributed by atoms with E-state index < -0.39 is 65.7 Å². The monoisotopic (exact) mass is 767 g/mol. The Kier molecular flexibility index (Phi) is 14.2. The molecule has 5 atom stereocenters. The molecule has 14 nitrogen and oxygen atoms in total. The molecule has 3 fully saturated rings. The largest absolute Gasteiger partial charge is 0.508 e. The van der Waals surface area contributed by atoms with Crippen LogP contribution >= 0.6 is 0 Å². The molecule has 0 radical (unpaired) electrons. The number of carbonyl (C=O) groups excluding carboxylic acids is 6. The molecule has 298 valence electrons. The second-order valence-electron chi connectivity index (χ2n) is 15.1. The molecule has 6 amide bonds. The van der Waals surface area contributed by atoms with Crippen molar-refractivity contribution in [1.29, 1.82) is 0 Å². The van der Waals surface area contributed by atoms with Crippen LogP contribution in [0, 0.1) is 19.8 Å². The summed E-state index contributed by atoms with van der Waals surface area (Å²) in [7, 11) is 0. The maximum absolute atomic E-state index is 14.3. The fraction of sp³-hybridized carbons (Fsp3) is 0.429. The Bertz CT molecular complexity index is 1860. The van der Waals surface area contributed by atoms with Gasteiger partial charge in [-0.15, -0.1) is 0 Å². The highest BCUT2D eigenvalue weighted by Gasteiger charge is 2.35. The first-order valence-electron chi connectivity index (χ1n) is 19.2. The van der Waals surface area contributed by atoms with Gasteiger partial charge in [-0.3, -0.25) is 28.8 Å². The molecule has 3 aliphatic rings. The SMILES string of the molecule is Cc1cc(O)cc(C)c1C[C@H](N)C(=O)N[C@@H]1CC2CCC(CC2)NC(=O)C[C@@H](C(N)=O)NC(=O)[C@H](Cc2ccccc2)NC(=O)[C@H](Cc2ccccc2)NC1=O. The fourth-order valence-corrected chi connectivity index (χ4v) is 7.62. The lowest BCUT2D eigenvalue weighted by atomic mass is 9.82. The van der Waals surface area contributed by atoms with Crippen LogP contribution in [-0.2, 0) is 48.0 Å². The summed E-state index contributed by atoms with van der Waals surface area (Å²) in [5, 5.41) is 24.1. The van der Waals surface area contributed by atoms with Gasteiger partial charge in [0.15, 0.2) is 0 Å². The smallest absolute Gasteiger partial charge is 0.243 e. The standard InChI is InChI=1S/C42H53N7O7/c1-24-17-30(50)18-25(2)31(24)22-32(43)39(53)47-34-21-28-13-15-29(16-14-28)45-37(51)23-33(38(44)52)46-40(54)35(19-26-9-5-3-6-10-26)48-42(56)36(49-41(34)55)20-27-11-7-4-8-12-27/h3-12,17-18,28-29,32-36,50H,13-16,19-23,43H2,1-2H3,(H2,44,52)(H,45,51)(H,46,54)(H,47,53)(H,48,56)(H,49,55)/t28?,29?,32-,33-,34+,35-,36-/m0/s1. The number of hydrogen-bond acceptors (Lipinski definition) is 8. The van der Waals surface area contributed by atoms with Crippen LogP contribution in [0.4, 0.5) is 0 Å². The first-order chi connectivity index (χ1) is 26.7. The van der Waals surface area contributed by atoms with Gasteiger partial charge < -0.3 is 43.2 Å². The third-order valence-electron chi connectivity index (χ3n) is 10.7. The first-order valence-corrected chi connectivity index (χ1v) is 19.2. The number of phenols is 1. The number of hydrogen-bond donors (Lipinski definition) is 8. The van der Waals surface area contributed by atoms with Gasteiger partial charge in [0.2, 0.25) is 35.4 Å². The van der Waals surface area contributed by atoms with Crippen LogP contribution in [0.5, 0.6) is 5.75 Å². The average Bonchev–Trinajstić information content (AvgIpc) is 3.16. The van der Waals surface area contributed by atoms with Gasteiger partial charge in [-0.25, -0.2) is 0 Å². The van der Waals surface area contributed by atoms with Crippen molar-refractivity contribution in [3.63, 3.8) is 0 Å². The molecule has 56 heavy (non-hydrogen) atoms. The van der Waals surface area contributed by atoms with E-state index in [1.54, 1.807) is 48.5 Å². The zero-order valence-electron chi connectivity index (χ0n) is 31.9. The molecule has 10 N–H and O–H groups in total. The van der Waals surface area contributed by atoms with E-state index >= 15 is 0 Å². The first kappa shape index (κ1) is 41.4. The lowest BCUT2D eigenvalue weighted by molar-refractivity contribution is -0.135. The van der Waals surface area contributed by atoms with E-state index in [0.29, 0.717) is 31.2 Å². The van der Waals surface area contributed by atoms with Gasteiger partial charge in [0, 0.05) is 18.9 Å². The van der Waals surface area contributed by atoms with Gasteiger partial charge in [-0.2, -0.15) is 0 Å². The molecule has 0 aromatic heterocycles. The summed E-state index contributed by atoms with van der Waals surface area (Å²) in [5.41, 5.74) is 15.9. The number of amides is 6. The van der Waals surface area contributed by atoms with Crippen molar-refractivity contribution in [3.8, 4) is 5.75 Å². The number of rotatable bonds is 9. The predicted molar refractivity (Wildman–Crippen MR) is 210 cm³/mol. The number of aromatic hydroxyl groups is 1. The van der Waals surface area contributed by atoms with E-state index in [4.69, 9.17) is 11.5 Å². The topological polar surface area (TPSA) is 235 Å². The van der Waals surface area contributed by atoms with Gasteiger partial charge in [-0.1, -0.05) is 60.7 Å². The van der Waals surface area contributed by atoms with Crippen molar-refractivity contribution in [2.24, 2.45) is 17.4 Å². The number of benzene rings is 3. The van der Waals surface area contributed by atoms with E-state index in [1.807, 2.05) is 38.1 Å². The molecule has 2 aliphatic heterocycles. The van der Waals surface area contributed by atoms with Gasteiger partial charge in [-0.05, 0) is 98.2 Å². The van der Waals surface area contributed by atoms with Crippen molar-refractivity contribution in [2.45, 2.75) is 108 Å². The Morgan fingerprint density at radius 3 is 1.82 bits per heavy atom. The highest BCUT2D eigenvalue weighted by atomic mass is 16.3. The zero-order valence-corrected chi connectivity index (χ0v) is 31.9. The van der Waals surface area contributed by atoms with Crippen molar-refractivity contribution < 1.29 is 33.9 Å². The number of nitrogens with two attached hydrogens (primary N) is 2. The molecule has 0 spiro atoms. The average molecular weight is 768 g/mol. The van der Waals surface area contributed by atoms with Gasteiger partial charge >= 0.3 is 0 Å². The van der Waals surface area contributed by atoms with Gasteiger partial charge in [0.1, 0.15) is 29.9 Å². The number of primary amides is 1. The number of carbonyl (C=O) groups is 6. The molecule has 2 bridgehead atoms. The number of nitrogens with one attached hydrogen (secondary N) is 5. The lowest BCUT2D eigenvalue weighted by Gasteiger charge is -2.33. The zero-order chi connectivity index (χ0) is 40.4. The summed E-state index contributed by atoms with van der Waals surface area (Å²) >= 11 is 0. The minimum Gasteiger partial charge on any atom is -0.508 e. The second-order valence-corrected chi connectivity index (χ2v) is 15.1. The molecule has 3 aromatic rings. The summed E-state index contributed by atoms with van der Waals surface area (Å²) in [5.74, 6) is -3.79. The van der Waals surface area contributed by atoms with Gasteiger partial charge in [0.05, 0.1) is 12.5 Å². The maximum Gasteiger partial charge on any atom is 0.243 e. The Morgan fingerprint density at radius 1 is 0.768 bits per heavy atom. The molecular weight excluding hydrogens is 715 g/mol. The minimum absolute atomic E-state index is 0.00907. The Balaban J connectivity index is 1.46. The molecule has 2 saturated heterocycles. The molecule has 1 aliphatic carbocycles. The van der Waals surface area contributed by atoms with Crippen LogP contribution < -0.4 is 38.1 Å². The molecule has 6 rings (SSSR count). The highest BCUT2D eigenvalue weighted by Crippen LogP contribution is 2.29. The van der Waals surface area contributed by atoms with Crippen LogP contribution in [0.2, 0.25) is 0 Å². The summed E-state index contributed by atoms with van der Waals surface area (Å²) in [6.45, 7) is 3.65. The van der Waals surface area contributed by atoms with Crippen molar-refractivity contribution in [3.05, 3.63) is 101 Å². The third-order valence-corrected chi connectivity index (χ3v) is 10.7. The summed E-state index contributed by atoms with van der Waals surface area (Å²) in [4.78, 5) is 81.7. The van der Waals surface area contributed by atoms with Crippen LogP contribution in [-0.4, -0.2) is 76.8 Å². The lowest BCUT2D eigenvalue weighted by Crippen LogP contribution is -2.60. The third kappa shape index (κ3) is 11.6. The van der Waals surface area contributed by atoms with E-state index in [0.717, 1.165) is 22.3 Å². The predicted octanol–water partition coefficient (Wildman–Crippen LogP) is 1.26. The van der Waals surface area contributed by atoms with Crippen LogP contribution in [0.25, 0.3) is 0 Å². The second kappa shape index (κ2) is 19.2. The fourth-order valence-electron chi connectivity index (χ4n) is 7.62. The highest BCUT2D eigenvalue weighted by molar-refractivity contribution is 5.97. The summed E-state index contributed by atoms with van der Waals surface area (Å²) in [6.07, 6.45) is 2.58. The number of fused-ring (bicyclic) bond motifs is 15. The van der Waals surface area contributed by atoms with E-state index in [1.165, 1.54) is 0 Å². The molecular formula is C42H53N7O7. The summed E-state index contributed by atoms with van der Waals surface area (Å²) in [6, 6.07) is 15.2. The molecule has 1 saturated carbocycles.